The van der Waals surface area contributed by atoms with Crippen LogP contribution in [0.1, 0.15) is 30.8 Å². The second-order valence-corrected chi connectivity index (χ2v) is 7.29. The van der Waals surface area contributed by atoms with Gasteiger partial charge in [0, 0.05) is 25.4 Å². The SMILES string of the molecule is CC(C)N(Cc1ccccc1)C(=O)CCc1nc2ccccc2s1. The minimum absolute atomic E-state index is 0.188. The van der Waals surface area contributed by atoms with Gasteiger partial charge in [0.05, 0.1) is 15.2 Å². The lowest BCUT2D eigenvalue weighted by atomic mass is 10.1. The van der Waals surface area contributed by atoms with Crippen LogP contribution >= 0.6 is 11.3 Å². The molecule has 3 rings (SSSR count). The number of nitrogens with zero attached hydrogens (tertiary/aromatic N) is 2. The predicted molar refractivity (Wildman–Crippen MR) is 100 cm³/mol. The van der Waals surface area contributed by atoms with Crippen LogP contribution in [-0.4, -0.2) is 21.8 Å². The maximum atomic E-state index is 12.7. The zero-order valence-corrected chi connectivity index (χ0v) is 14.9. The molecule has 124 valence electrons. The summed E-state index contributed by atoms with van der Waals surface area (Å²) in [4.78, 5) is 19.2. The number of carbonyl (C=O) groups is 1. The molecule has 0 aliphatic heterocycles. The highest BCUT2D eigenvalue weighted by Crippen LogP contribution is 2.23. The van der Waals surface area contributed by atoms with E-state index in [-0.39, 0.29) is 11.9 Å². The molecule has 1 aromatic heterocycles. The second-order valence-electron chi connectivity index (χ2n) is 6.18. The summed E-state index contributed by atoms with van der Waals surface area (Å²) in [5.74, 6) is 0.188. The fourth-order valence-electron chi connectivity index (χ4n) is 2.72. The highest BCUT2D eigenvalue weighted by molar-refractivity contribution is 7.18. The summed E-state index contributed by atoms with van der Waals surface area (Å²) in [5.41, 5.74) is 2.19. The van der Waals surface area contributed by atoms with Crippen molar-refractivity contribution in [3.05, 3.63) is 65.2 Å². The Morgan fingerprint density at radius 3 is 2.50 bits per heavy atom. The number of rotatable bonds is 6. The summed E-state index contributed by atoms with van der Waals surface area (Å²) in [6.45, 7) is 4.80. The van der Waals surface area contributed by atoms with Gasteiger partial charge in [0.25, 0.3) is 0 Å². The van der Waals surface area contributed by atoms with Crippen LogP contribution < -0.4 is 0 Å². The fourth-order valence-corrected chi connectivity index (χ4v) is 3.69. The molecule has 1 amide bonds. The van der Waals surface area contributed by atoms with Crippen LogP contribution in [0.4, 0.5) is 0 Å². The van der Waals surface area contributed by atoms with Gasteiger partial charge in [0.1, 0.15) is 0 Å². The third kappa shape index (κ3) is 4.01. The Balaban J connectivity index is 1.65. The molecule has 0 spiro atoms. The minimum atomic E-state index is 0.188. The smallest absolute Gasteiger partial charge is 0.223 e. The normalized spacial score (nSPS) is 11.1. The average molecular weight is 338 g/mol. The van der Waals surface area contributed by atoms with Crippen molar-refractivity contribution in [2.75, 3.05) is 0 Å². The first-order valence-corrected chi connectivity index (χ1v) is 9.13. The molecule has 2 aromatic carbocycles. The third-order valence-corrected chi connectivity index (χ3v) is 5.13. The molecule has 0 aliphatic rings. The van der Waals surface area contributed by atoms with Gasteiger partial charge in [-0.3, -0.25) is 4.79 Å². The van der Waals surface area contributed by atoms with E-state index in [0.717, 1.165) is 10.5 Å². The van der Waals surface area contributed by atoms with Gasteiger partial charge in [-0.1, -0.05) is 42.5 Å². The number of aryl methyl sites for hydroxylation is 1. The summed E-state index contributed by atoms with van der Waals surface area (Å²) in [6, 6.07) is 18.5. The maximum Gasteiger partial charge on any atom is 0.223 e. The third-order valence-electron chi connectivity index (χ3n) is 4.03. The number of carbonyl (C=O) groups excluding carboxylic acids is 1. The van der Waals surface area contributed by atoms with Crippen molar-refractivity contribution in [1.82, 2.24) is 9.88 Å². The number of para-hydroxylation sites is 1. The number of hydrogen-bond donors (Lipinski definition) is 0. The van der Waals surface area contributed by atoms with Crippen LogP contribution in [0.3, 0.4) is 0 Å². The zero-order valence-electron chi connectivity index (χ0n) is 14.1. The molecule has 0 unspecified atom stereocenters. The van der Waals surface area contributed by atoms with E-state index in [2.05, 4.69) is 37.0 Å². The van der Waals surface area contributed by atoms with Gasteiger partial charge < -0.3 is 4.90 Å². The Morgan fingerprint density at radius 2 is 1.79 bits per heavy atom. The first-order chi connectivity index (χ1) is 11.6. The van der Waals surface area contributed by atoms with Gasteiger partial charge in [0.15, 0.2) is 0 Å². The zero-order chi connectivity index (χ0) is 16.9. The van der Waals surface area contributed by atoms with Crippen molar-refractivity contribution in [2.45, 2.75) is 39.3 Å². The molecule has 0 atom stereocenters. The van der Waals surface area contributed by atoms with Crippen molar-refractivity contribution in [1.29, 1.82) is 0 Å². The van der Waals surface area contributed by atoms with E-state index in [1.54, 1.807) is 11.3 Å². The molecule has 1 heterocycles. The lowest BCUT2D eigenvalue weighted by Gasteiger charge is -2.27. The minimum Gasteiger partial charge on any atom is -0.336 e. The van der Waals surface area contributed by atoms with Crippen LogP contribution in [0, 0.1) is 0 Å². The van der Waals surface area contributed by atoms with E-state index in [4.69, 9.17) is 0 Å². The lowest BCUT2D eigenvalue weighted by molar-refractivity contribution is -0.133. The molecule has 24 heavy (non-hydrogen) atoms. The predicted octanol–water partition coefficient (Wildman–Crippen LogP) is 4.67. The summed E-state index contributed by atoms with van der Waals surface area (Å²) in [5, 5.41) is 1.04. The molecule has 3 nitrogen and oxygen atoms in total. The van der Waals surface area contributed by atoms with Gasteiger partial charge in [-0.2, -0.15) is 0 Å². The quantitative estimate of drug-likeness (QED) is 0.654. The van der Waals surface area contributed by atoms with E-state index in [1.807, 2.05) is 41.3 Å². The van der Waals surface area contributed by atoms with Crippen molar-refractivity contribution < 1.29 is 4.79 Å². The molecule has 0 fully saturated rings. The number of fused-ring (bicyclic) bond motifs is 1. The van der Waals surface area contributed by atoms with E-state index in [1.165, 1.54) is 10.3 Å². The highest BCUT2D eigenvalue weighted by Gasteiger charge is 2.17. The van der Waals surface area contributed by atoms with Crippen molar-refractivity contribution in [3.8, 4) is 0 Å². The van der Waals surface area contributed by atoms with E-state index in [0.29, 0.717) is 19.4 Å². The van der Waals surface area contributed by atoms with Crippen molar-refractivity contribution in [3.63, 3.8) is 0 Å². The molecule has 3 aromatic rings. The number of thiazole rings is 1. The first kappa shape index (κ1) is 16.7. The summed E-state index contributed by atoms with van der Waals surface area (Å²) >= 11 is 1.68. The van der Waals surface area contributed by atoms with Gasteiger partial charge in [0.2, 0.25) is 5.91 Å². The largest absolute Gasteiger partial charge is 0.336 e. The summed E-state index contributed by atoms with van der Waals surface area (Å²) in [7, 11) is 0. The van der Waals surface area contributed by atoms with Gasteiger partial charge in [-0.15, -0.1) is 11.3 Å². The number of amides is 1. The molecular formula is C20H22N2OS. The van der Waals surface area contributed by atoms with Gasteiger partial charge in [-0.05, 0) is 31.5 Å². The van der Waals surface area contributed by atoms with Crippen molar-refractivity contribution in [2.24, 2.45) is 0 Å². The summed E-state index contributed by atoms with van der Waals surface area (Å²) < 4.78 is 1.19. The summed E-state index contributed by atoms with van der Waals surface area (Å²) in [6.07, 6.45) is 1.21. The van der Waals surface area contributed by atoms with Crippen LogP contribution in [0.2, 0.25) is 0 Å². The standard InChI is InChI=1S/C20H22N2OS/c1-15(2)22(14-16-8-4-3-5-9-16)20(23)13-12-19-21-17-10-6-7-11-18(17)24-19/h3-11,15H,12-14H2,1-2H3. The Morgan fingerprint density at radius 1 is 1.08 bits per heavy atom. The Labute approximate surface area is 147 Å². The average Bonchev–Trinajstić information content (AvgIpc) is 3.01. The van der Waals surface area contributed by atoms with E-state index < -0.39 is 0 Å². The molecule has 0 saturated carbocycles. The van der Waals surface area contributed by atoms with E-state index in [9.17, 15) is 4.79 Å². The first-order valence-electron chi connectivity index (χ1n) is 8.31. The Kier molecular flexibility index (Phi) is 5.26. The van der Waals surface area contributed by atoms with Crippen LogP contribution in [0.15, 0.2) is 54.6 Å². The van der Waals surface area contributed by atoms with Crippen LogP contribution in [-0.2, 0) is 17.8 Å². The molecule has 0 radical (unpaired) electrons. The van der Waals surface area contributed by atoms with Crippen molar-refractivity contribution >= 4 is 27.5 Å². The Bertz CT molecular complexity index is 778. The molecule has 0 saturated heterocycles. The van der Waals surface area contributed by atoms with E-state index >= 15 is 0 Å². The molecule has 0 N–H and O–H groups in total. The van der Waals surface area contributed by atoms with Crippen LogP contribution in [0.25, 0.3) is 10.2 Å². The van der Waals surface area contributed by atoms with Crippen LogP contribution in [0.5, 0.6) is 0 Å². The Hall–Kier alpha value is -2.20. The molecule has 0 aliphatic carbocycles. The number of benzene rings is 2. The molecule has 4 heteroatoms. The number of aromatic nitrogens is 1. The molecule has 0 bridgehead atoms. The molecular weight excluding hydrogens is 316 g/mol. The van der Waals surface area contributed by atoms with Gasteiger partial charge in [-0.25, -0.2) is 4.98 Å². The topological polar surface area (TPSA) is 33.2 Å². The highest BCUT2D eigenvalue weighted by atomic mass is 32.1. The maximum absolute atomic E-state index is 12.7. The second kappa shape index (κ2) is 7.58. The number of hydrogen-bond acceptors (Lipinski definition) is 3. The van der Waals surface area contributed by atoms with Gasteiger partial charge >= 0.3 is 0 Å². The lowest BCUT2D eigenvalue weighted by Crippen LogP contribution is -2.36. The monoisotopic (exact) mass is 338 g/mol. The fraction of sp³-hybridized carbons (Fsp3) is 0.300.